The van der Waals surface area contributed by atoms with Crippen molar-refractivity contribution in [2.75, 3.05) is 26.7 Å². The predicted octanol–water partition coefficient (Wildman–Crippen LogP) is 2.11. The third kappa shape index (κ3) is 6.37. The van der Waals surface area contributed by atoms with Crippen LogP contribution in [0.3, 0.4) is 0 Å². The van der Waals surface area contributed by atoms with Gasteiger partial charge in [0, 0.05) is 30.6 Å². The number of aliphatic imine (C=N–C) groups is 1. The van der Waals surface area contributed by atoms with Crippen molar-refractivity contribution in [1.29, 1.82) is 0 Å². The summed E-state index contributed by atoms with van der Waals surface area (Å²) >= 11 is 1.52. The molecule has 1 heterocycles. The number of nitrogens with zero attached hydrogens (tertiary/aromatic N) is 1. The Hall–Kier alpha value is -2.38. The standard InChI is InChI=1S/C20H28N4O2S/c1-4-22-19(24-14-20(2,26)17-9-6-12-27-17)23-11-10-15-7-5-8-16(13-15)18(25)21-3/h5-9,12-13,26H,4,10-11,14H2,1-3H3,(H,21,25)(H2,22,23,24). The van der Waals surface area contributed by atoms with Gasteiger partial charge in [-0.05, 0) is 49.4 Å². The average Bonchev–Trinajstić information content (AvgIpc) is 3.21. The van der Waals surface area contributed by atoms with Gasteiger partial charge in [-0.25, -0.2) is 4.99 Å². The van der Waals surface area contributed by atoms with E-state index in [1.54, 1.807) is 20.0 Å². The lowest BCUT2D eigenvalue weighted by molar-refractivity contribution is 0.0711. The van der Waals surface area contributed by atoms with E-state index in [2.05, 4.69) is 20.9 Å². The van der Waals surface area contributed by atoms with Crippen molar-refractivity contribution in [2.45, 2.75) is 25.9 Å². The van der Waals surface area contributed by atoms with Crippen LogP contribution in [0, 0.1) is 0 Å². The van der Waals surface area contributed by atoms with Gasteiger partial charge in [-0.3, -0.25) is 4.79 Å². The molecule has 0 bridgehead atoms. The number of thiophene rings is 1. The average molecular weight is 389 g/mol. The highest BCUT2D eigenvalue weighted by Gasteiger charge is 2.23. The maximum atomic E-state index is 11.7. The van der Waals surface area contributed by atoms with Gasteiger partial charge in [0.15, 0.2) is 5.96 Å². The van der Waals surface area contributed by atoms with Crippen LogP contribution in [0.5, 0.6) is 0 Å². The molecule has 0 aliphatic carbocycles. The van der Waals surface area contributed by atoms with Crippen LogP contribution in [0.25, 0.3) is 0 Å². The van der Waals surface area contributed by atoms with Crippen LogP contribution in [-0.2, 0) is 12.0 Å². The molecule has 1 atom stereocenters. The predicted molar refractivity (Wildman–Crippen MR) is 111 cm³/mol. The fraction of sp³-hybridized carbons (Fsp3) is 0.400. The molecule has 1 amide bonds. The molecule has 0 spiro atoms. The van der Waals surface area contributed by atoms with Crippen LogP contribution in [0.1, 0.15) is 34.6 Å². The van der Waals surface area contributed by atoms with Crippen LogP contribution in [-0.4, -0.2) is 43.7 Å². The van der Waals surface area contributed by atoms with E-state index in [9.17, 15) is 9.90 Å². The number of nitrogens with one attached hydrogen (secondary N) is 3. The SMILES string of the molecule is CCNC(=NCC(C)(O)c1cccs1)NCCc1cccc(C(=O)NC)c1. The van der Waals surface area contributed by atoms with Crippen molar-refractivity contribution < 1.29 is 9.90 Å². The Morgan fingerprint density at radius 3 is 2.74 bits per heavy atom. The lowest BCUT2D eigenvalue weighted by Crippen LogP contribution is -2.39. The van der Waals surface area contributed by atoms with Gasteiger partial charge in [-0.2, -0.15) is 0 Å². The van der Waals surface area contributed by atoms with Crippen molar-refractivity contribution in [3.05, 3.63) is 57.8 Å². The Morgan fingerprint density at radius 1 is 1.26 bits per heavy atom. The summed E-state index contributed by atoms with van der Waals surface area (Å²) in [7, 11) is 1.63. The summed E-state index contributed by atoms with van der Waals surface area (Å²) in [6.45, 7) is 5.45. The van der Waals surface area contributed by atoms with E-state index in [1.807, 2.05) is 42.6 Å². The second-order valence-electron chi connectivity index (χ2n) is 6.40. The Labute approximate surface area is 164 Å². The van der Waals surface area contributed by atoms with Crippen molar-refractivity contribution in [3.8, 4) is 0 Å². The normalized spacial score (nSPS) is 13.7. The number of rotatable bonds is 8. The van der Waals surface area contributed by atoms with Gasteiger partial charge in [0.25, 0.3) is 5.91 Å². The summed E-state index contributed by atoms with van der Waals surface area (Å²) in [4.78, 5) is 17.1. The van der Waals surface area contributed by atoms with E-state index in [-0.39, 0.29) is 12.5 Å². The number of carbonyl (C=O) groups excluding carboxylic acids is 1. The molecule has 146 valence electrons. The number of benzene rings is 1. The van der Waals surface area contributed by atoms with Gasteiger partial charge < -0.3 is 21.1 Å². The molecule has 4 N–H and O–H groups in total. The zero-order valence-corrected chi connectivity index (χ0v) is 16.9. The van der Waals surface area contributed by atoms with Crippen LogP contribution in [0.15, 0.2) is 46.8 Å². The zero-order valence-electron chi connectivity index (χ0n) is 16.1. The minimum absolute atomic E-state index is 0.0875. The molecular weight excluding hydrogens is 360 g/mol. The Kier molecular flexibility index (Phi) is 7.82. The van der Waals surface area contributed by atoms with Gasteiger partial charge in [-0.15, -0.1) is 11.3 Å². The van der Waals surface area contributed by atoms with Crippen molar-refractivity contribution in [2.24, 2.45) is 4.99 Å². The third-order valence-electron chi connectivity index (χ3n) is 4.06. The fourth-order valence-electron chi connectivity index (χ4n) is 2.58. The number of guanidine groups is 1. The van der Waals surface area contributed by atoms with Gasteiger partial charge >= 0.3 is 0 Å². The van der Waals surface area contributed by atoms with E-state index < -0.39 is 5.60 Å². The maximum Gasteiger partial charge on any atom is 0.251 e. The largest absolute Gasteiger partial charge is 0.383 e. The first-order chi connectivity index (χ1) is 13.0. The first kappa shape index (κ1) is 20.9. The molecule has 1 unspecified atom stereocenters. The summed E-state index contributed by atoms with van der Waals surface area (Å²) in [6, 6.07) is 11.4. The van der Waals surface area contributed by atoms with E-state index >= 15 is 0 Å². The summed E-state index contributed by atoms with van der Waals surface area (Å²) in [5, 5.41) is 21.7. The summed E-state index contributed by atoms with van der Waals surface area (Å²) in [5.41, 5.74) is 0.742. The highest BCUT2D eigenvalue weighted by Crippen LogP contribution is 2.25. The van der Waals surface area contributed by atoms with E-state index in [0.717, 1.165) is 23.4 Å². The monoisotopic (exact) mass is 388 g/mol. The molecule has 0 saturated heterocycles. The topological polar surface area (TPSA) is 85.8 Å². The Balaban J connectivity index is 1.93. The highest BCUT2D eigenvalue weighted by atomic mass is 32.1. The summed E-state index contributed by atoms with van der Waals surface area (Å²) in [6.07, 6.45) is 0.760. The fourth-order valence-corrected chi connectivity index (χ4v) is 3.35. The molecule has 2 rings (SSSR count). The number of carbonyl (C=O) groups is 1. The maximum absolute atomic E-state index is 11.7. The van der Waals surface area contributed by atoms with Crippen molar-refractivity contribution >= 4 is 23.2 Å². The second-order valence-corrected chi connectivity index (χ2v) is 7.35. The van der Waals surface area contributed by atoms with Crippen LogP contribution < -0.4 is 16.0 Å². The van der Waals surface area contributed by atoms with E-state index in [1.165, 1.54) is 11.3 Å². The van der Waals surface area contributed by atoms with Gasteiger partial charge in [0.1, 0.15) is 5.60 Å². The molecular formula is C20H28N4O2S. The molecule has 27 heavy (non-hydrogen) atoms. The Bertz CT molecular complexity index is 757. The van der Waals surface area contributed by atoms with Crippen molar-refractivity contribution in [1.82, 2.24) is 16.0 Å². The first-order valence-corrected chi connectivity index (χ1v) is 9.94. The lowest BCUT2D eigenvalue weighted by atomic mass is 10.1. The van der Waals surface area contributed by atoms with E-state index in [0.29, 0.717) is 18.1 Å². The van der Waals surface area contributed by atoms with E-state index in [4.69, 9.17) is 0 Å². The van der Waals surface area contributed by atoms with Crippen LogP contribution in [0.2, 0.25) is 0 Å². The minimum atomic E-state index is -0.988. The smallest absolute Gasteiger partial charge is 0.251 e. The molecule has 7 heteroatoms. The lowest BCUT2D eigenvalue weighted by Gasteiger charge is -2.20. The number of hydrogen-bond acceptors (Lipinski definition) is 4. The molecule has 0 aliphatic rings. The van der Waals surface area contributed by atoms with Crippen molar-refractivity contribution in [3.63, 3.8) is 0 Å². The molecule has 0 saturated carbocycles. The van der Waals surface area contributed by atoms with Gasteiger partial charge in [0.2, 0.25) is 0 Å². The molecule has 0 aliphatic heterocycles. The quantitative estimate of drug-likeness (QED) is 0.412. The molecule has 6 nitrogen and oxygen atoms in total. The second kappa shape index (κ2) is 10.1. The number of hydrogen-bond donors (Lipinski definition) is 4. The molecule has 0 fully saturated rings. The highest BCUT2D eigenvalue weighted by molar-refractivity contribution is 7.10. The Morgan fingerprint density at radius 2 is 2.07 bits per heavy atom. The third-order valence-corrected chi connectivity index (χ3v) is 5.19. The first-order valence-electron chi connectivity index (χ1n) is 9.06. The van der Waals surface area contributed by atoms with Crippen LogP contribution >= 0.6 is 11.3 Å². The van der Waals surface area contributed by atoms with Gasteiger partial charge in [-0.1, -0.05) is 18.2 Å². The van der Waals surface area contributed by atoms with Crippen LogP contribution in [0.4, 0.5) is 0 Å². The summed E-state index contributed by atoms with van der Waals surface area (Å²) in [5.74, 6) is 0.576. The summed E-state index contributed by atoms with van der Waals surface area (Å²) < 4.78 is 0. The minimum Gasteiger partial charge on any atom is -0.383 e. The van der Waals surface area contributed by atoms with Gasteiger partial charge in [0.05, 0.1) is 6.54 Å². The molecule has 1 aromatic heterocycles. The molecule has 1 aromatic carbocycles. The number of aliphatic hydroxyl groups is 1. The zero-order chi connectivity index (χ0) is 19.7. The number of amides is 1. The molecule has 2 aromatic rings. The molecule has 0 radical (unpaired) electrons.